The normalized spacial score (nSPS) is 30.1. The summed E-state index contributed by atoms with van der Waals surface area (Å²) in [6.45, 7) is 9.52. The number of ether oxygens (including phenoxy) is 7. The Morgan fingerprint density at radius 3 is 2.43 bits per heavy atom. The number of rotatable bonds is 12. The predicted molar refractivity (Wildman–Crippen MR) is 138 cm³/mol. The zero-order valence-electron chi connectivity index (χ0n) is 22.5. The number of hydrogen-bond acceptors (Lipinski definition) is 8. The molecule has 4 heterocycles. The van der Waals surface area contributed by atoms with Crippen LogP contribution < -0.4 is 4.74 Å². The number of hydrogen-bond donors (Lipinski definition) is 0. The lowest BCUT2D eigenvalue weighted by molar-refractivity contribution is -0.236. The van der Waals surface area contributed by atoms with Crippen LogP contribution in [0, 0.1) is 0 Å². The van der Waals surface area contributed by atoms with Crippen LogP contribution in [0.25, 0.3) is 10.9 Å². The van der Waals surface area contributed by atoms with Gasteiger partial charge >= 0.3 is 0 Å². The second kappa shape index (κ2) is 11.5. The van der Waals surface area contributed by atoms with Gasteiger partial charge in [0.2, 0.25) is 0 Å². The molecule has 0 amide bonds. The first-order chi connectivity index (χ1) is 17.8. The molecule has 5 rings (SSSR count). The van der Waals surface area contributed by atoms with Crippen molar-refractivity contribution in [1.29, 1.82) is 0 Å². The summed E-state index contributed by atoms with van der Waals surface area (Å²) in [6, 6.07) is 10.1. The Kier molecular flexibility index (Phi) is 8.34. The second-order valence-corrected chi connectivity index (χ2v) is 11.1. The molecule has 2 aromatic rings. The standard InChI is InChI=1S/C29H41NO7/c1-28(2)33-19-23(35-28)24-25(26-27(34-24)37-29(3,4)36-26)32-17-10-8-6-5-7-9-16-31-21-13-14-22-20(18-21)12-11-15-30-22/h11-15,18,23-27H,5-10,16-17,19H2,1-4H3/t23?,24-,25?,26-,27-/m1/s1. The molecule has 8 nitrogen and oxygen atoms in total. The average Bonchev–Trinajstić information content (AvgIpc) is 3.48. The van der Waals surface area contributed by atoms with Crippen LogP contribution in [0.4, 0.5) is 0 Å². The molecule has 37 heavy (non-hydrogen) atoms. The van der Waals surface area contributed by atoms with Gasteiger partial charge in [-0.1, -0.05) is 31.7 Å². The fourth-order valence-electron chi connectivity index (χ4n) is 5.33. The highest BCUT2D eigenvalue weighted by Gasteiger charge is 2.58. The largest absolute Gasteiger partial charge is 0.494 e. The van der Waals surface area contributed by atoms with Crippen LogP contribution in [0.15, 0.2) is 36.5 Å². The average molecular weight is 516 g/mol. The van der Waals surface area contributed by atoms with Gasteiger partial charge in [0.1, 0.15) is 30.2 Å². The van der Waals surface area contributed by atoms with Gasteiger partial charge in [-0.3, -0.25) is 4.98 Å². The molecule has 204 valence electrons. The molecule has 1 aromatic carbocycles. The molecule has 2 unspecified atom stereocenters. The zero-order chi connectivity index (χ0) is 25.9. The third kappa shape index (κ3) is 6.80. The minimum absolute atomic E-state index is 0.200. The molecule has 3 aliphatic heterocycles. The van der Waals surface area contributed by atoms with Crippen LogP contribution in [0.5, 0.6) is 5.75 Å². The van der Waals surface area contributed by atoms with Crippen molar-refractivity contribution < 1.29 is 33.2 Å². The van der Waals surface area contributed by atoms with Crippen LogP contribution >= 0.6 is 0 Å². The van der Waals surface area contributed by atoms with E-state index in [4.69, 9.17) is 33.2 Å². The molecule has 0 spiro atoms. The number of pyridine rings is 1. The van der Waals surface area contributed by atoms with Crippen LogP contribution in [-0.4, -0.2) is 67.1 Å². The van der Waals surface area contributed by atoms with Gasteiger partial charge in [0.25, 0.3) is 0 Å². The molecular formula is C29H41NO7. The number of unbranched alkanes of at least 4 members (excludes halogenated alkanes) is 5. The lowest BCUT2D eigenvalue weighted by Gasteiger charge is -2.29. The van der Waals surface area contributed by atoms with E-state index in [1.54, 1.807) is 0 Å². The SMILES string of the molecule is CC1(C)OCC([C@H]2O[C@@H]3OC(C)(C)O[C@@H]3C2OCCCCCCCCOc2ccc3ncccc3c2)O1. The lowest BCUT2D eigenvalue weighted by Crippen LogP contribution is -2.44. The summed E-state index contributed by atoms with van der Waals surface area (Å²) >= 11 is 0. The summed E-state index contributed by atoms with van der Waals surface area (Å²) in [5.41, 5.74) is 0.993. The van der Waals surface area contributed by atoms with Gasteiger partial charge in [0.05, 0.1) is 18.7 Å². The van der Waals surface area contributed by atoms with E-state index >= 15 is 0 Å². The van der Waals surface area contributed by atoms with Crippen molar-refractivity contribution in [2.75, 3.05) is 19.8 Å². The zero-order valence-corrected chi connectivity index (χ0v) is 22.5. The molecule has 5 atom stereocenters. The van der Waals surface area contributed by atoms with E-state index in [0.717, 1.165) is 48.9 Å². The van der Waals surface area contributed by atoms with Crippen molar-refractivity contribution in [3.05, 3.63) is 36.5 Å². The van der Waals surface area contributed by atoms with E-state index in [9.17, 15) is 0 Å². The molecule has 0 N–H and O–H groups in total. The van der Waals surface area contributed by atoms with Gasteiger partial charge in [-0.15, -0.1) is 0 Å². The molecule has 0 saturated carbocycles. The summed E-state index contributed by atoms with van der Waals surface area (Å²) < 4.78 is 42.4. The van der Waals surface area contributed by atoms with E-state index < -0.39 is 17.9 Å². The van der Waals surface area contributed by atoms with Gasteiger partial charge in [-0.05, 0) is 64.8 Å². The summed E-state index contributed by atoms with van der Waals surface area (Å²) in [5, 5.41) is 1.11. The van der Waals surface area contributed by atoms with Crippen LogP contribution in [0.2, 0.25) is 0 Å². The molecule has 1 aromatic heterocycles. The Bertz CT molecular complexity index is 1030. The Morgan fingerprint density at radius 2 is 1.65 bits per heavy atom. The Balaban J connectivity index is 0.974. The Hall–Kier alpha value is -1.81. The summed E-state index contributed by atoms with van der Waals surface area (Å²) in [5.74, 6) is -0.383. The van der Waals surface area contributed by atoms with Crippen molar-refractivity contribution in [1.82, 2.24) is 4.98 Å². The van der Waals surface area contributed by atoms with Crippen LogP contribution in [0.1, 0.15) is 66.2 Å². The van der Waals surface area contributed by atoms with E-state index in [2.05, 4.69) is 17.1 Å². The maximum Gasteiger partial charge on any atom is 0.190 e. The van der Waals surface area contributed by atoms with E-state index in [-0.39, 0.29) is 24.4 Å². The van der Waals surface area contributed by atoms with Crippen LogP contribution in [-0.2, 0) is 28.4 Å². The first-order valence-corrected chi connectivity index (χ1v) is 13.7. The lowest BCUT2D eigenvalue weighted by atomic mass is 10.1. The summed E-state index contributed by atoms with van der Waals surface area (Å²) in [4.78, 5) is 4.35. The first kappa shape index (κ1) is 26.8. The highest BCUT2D eigenvalue weighted by molar-refractivity contribution is 5.79. The van der Waals surface area contributed by atoms with E-state index in [1.165, 1.54) is 12.8 Å². The van der Waals surface area contributed by atoms with Crippen molar-refractivity contribution in [3.63, 3.8) is 0 Å². The van der Waals surface area contributed by atoms with Crippen molar-refractivity contribution in [2.45, 2.75) is 108 Å². The molecule has 0 aliphatic carbocycles. The topological polar surface area (TPSA) is 77.5 Å². The van der Waals surface area contributed by atoms with Gasteiger partial charge in [0.15, 0.2) is 17.9 Å². The van der Waals surface area contributed by atoms with Crippen LogP contribution in [0.3, 0.4) is 0 Å². The molecule has 3 aliphatic rings. The Morgan fingerprint density at radius 1 is 0.865 bits per heavy atom. The highest BCUT2D eigenvalue weighted by Crippen LogP contribution is 2.42. The summed E-state index contributed by atoms with van der Waals surface area (Å²) in [6.07, 6.45) is 7.12. The van der Waals surface area contributed by atoms with Gasteiger partial charge < -0.3 is 33.2 Å². The quantitative estimate of drug-likeness (QED) is 0.349. The third-order valence-corrected chi connectivity index (χ3v) is 7.12. The first-order valence-electron chi connectivity index (χ1n) is 13.7. The monoisotopic (exact) mass is 515 g/mol. The Labute approximate surface area is 219 Å². The van der Waals surface area contributed by atoms with E-state index in [0.29, 0.717) is 13.2 Å². The fraction of sp³-hybridized carbons (Fsp3) is 0.690. The number of benzene rings is 1. The second-order valence-electron chi connectivity index (χ2n) is 11.1. The van der Waals surface area contributed by atoms with Gasteiger partial charge in [-0.25, -0.2) is 0 Å². The van der Waals surface area contributed by atoms with Crippen molar-refractivity contribution in [2.24, 2.45) is 0 Å². The number of nitrogens with zero attached hydrogens (tertiary/aromatic N) is 1. The molecule has 0 radical (unpaired) electrons. The maximum atomic E-state index is 6.34. The highest BCUT2D eigenvalue weighted by atomic mass is 16.8. The number of fused-ring (bicyclic) bond motifs is 2. The predicted octanol–water partition coefficient (Wildman–Crippen LogP) is 5.37. The van der Waals surface area contributed by atoms with Gasteiger partial charge in [0, 0.05) is 18.2 Å². The summed E-state index contributed by atoms with van der Waals surface area (Å²) in [7, 11) is 0. The number of aromatic nitrogens is 1. The minimum atomic E-state index is -0.677. The molecule has 8 heteroatoms. The smallest absolute Gasteiger partial charge is 0.190 e. The van der Waals surface area contributed by atoms with Crippen molar-refractivity contribution in [3.8, 4) is 5.75 Å². The molecule has 3 fully saturated rings. The molecular weight excluding hydrogens is 474 g/mol. The van der Waals surface area contributed by atoms with E-state index in [1.807, 2.05) is 52.1 Å². The maximum absolute atomic E-state index is 6.34. The van der Waals surface area contributed by atoms with Crippen molar-refractivity contribution >= 4 is 10.9 Å². The molecule has 3 saturated heterocycles. The molecule has 0 bridgehead atoms. The fourth-order valence-corrected chi connectivity index (χ4v) is 5.33. The third-order valence-electron chi connectivity index (χ3n) is 7.12. The minimum Gasteiger partial charge on any atom is -0.494 e. The van der Waals surface area contributed by atoms with Gasteiger partial charge in [-0.2, -0.15) is 0 Å².